The Bertz CT molecular complexity index is 511. The molecule has 1 heterocycles. The van der Waals surface area contributed by atoms with Crippen molar-refractivity contribution >= 4 is 29.1 Å². The van der Waals surface area contributed by atoms with E-state index in [2.05, 4.69) is 13.8 Å². The van der Waals surface area contributed by atoms with Crippen molar-refractivity contribution in [1.29, 1.82) is 0 Å². The van der Waals surface area contributed by atoms with Gasteiger partial charge in [-0.25, -0.2) is 0 Å². The van der Waals surface area contributed by atoms with Gasteiger partial charge in [-0.2, -0.15) is 0 Å². The van der Waals surface area contributed by atoms with Gasteiger partial charge in [0.2, 0.25) is 5.91 Å². The van der Waals surface area contributed by atoms with Gasteiger partial charge in [-0.3, -0.25) is 4.79 Å². The van der Waals surface area contributed by atoms with Crippen LogP contribution in [0.3, 0.4) is 0 Å². The highest BCUT2D eigenvalue weighted by Crippen LogP contribution is 2.27. The summed E-state index contributed by atoms with van der Waals surface area (Å²) in [6.07, 6.45) is 2.42. The predicted molar refractivity (Wildman–Crippen MR) is 90.7 cm³/mol. The zero-order valence-electron chi connectivity index (χ0n) is 13.1. The van der Waals surface area contributed by atoms with Crippen LogP contribution in [-0.2, 0) is 4.79 Å². The minimum atomic E-state index is 0.226. The minimum absolute atomic E-state index is 0.226. The Morgan fingerprint density at radius 3 is 2.59 bits per heavy atom. The van der Waals surface area contributed by atoms with Crippen molar-refractivity contribution in [2.45, 2.75) is 33.1 Å². The maximum atomic E-state index is 12.2. The van der Waals surface area contributed by atoms with Gasteiger partial charge in [0.05, 0.1) is 11.6 Å². The smallest absolute Gasteiger partial charge is 0.222 e. The zero-order chi connectivity index (χ0) is 16.1. The topological polar surface area (TPSA) is 29.5 Å². The number of halogens is 2. The van der Waals surface area contributed by atoms with Crippen LogP contribution in [0.5, 0.6) is 5.75 Å². The van der Waals surface area contributed by atoms with Crippen molar-refractivity contribution < 1.29 is 9.53 Å². The van der Waals surface area contributed by atoms with E-state index >= 15 is 0 Å². The minimum Gasteiger partial charge on any atom is -0.492 e. The Hall–Kier alpha value is -0.930. The lowest BCUT2D eigenvalue weighted by molar-refractivity contribution is -0.134. The van der Waals surface area contributed by atoms with Crippen molar-refractivity contribution in [2.24, 2.45) is 11.8 Å². The summed E-state index contributed by atoms with van der Waals surface area (Å²) in [5.41, 5.74) is 0. The van der Waals surface area contributed by atoms with E-state index in [9.17, 15) is 4.79 Å². The SMILES string of the molecule is C[C@@H]1C[C@H](C)CN(C(=O)CCCOc2ccc(Cl)cc2Cl)C1. The highest BCUT2D eigenvalue weighted by molar-refractivity contribution is 6.35. The third kappa shape index (κ3) is 5.06. The molecule has 0 bridgehead atoms. The van der Waals surface area contributed by atoms with Crippen molar-refractivity contribution in [3.8, 4) is 5.75 Å². The summed E-state index contributed by atoms with van der Waals surface area (Å²) in [4.78, 5) is 14.2. The second kappa shape index (κ2) is 8.07. The molecule has 2 atom stereocenters. The van der Waals surface area contributed by atoms with Crippen LogP contribution < -0.4 is 4.74 Å². The fraction of sp³-hybridized carbons (Fsp3) is 0.588. The summed E-state index contributed by atoms with van der Waals surface area (Å²) in [6, 6.07) is 5.14. The maximum absolute atomic E-state index is 12.2. The molecule has 1 aliphatic rings. The molecule has 3 nitrogen and oxygen atoms in total. The molecule has 1 saturated heterocycles. The number of likely N-dealkylation sites (tertiary alicyclic amines) is 1. The van der Waals surface area contributed by atoms with E-state index < -0.39 is 0 Å². The number of piperidine rings is 1. The van der Waals surface area contributed by atoms with Crippen LogP contribution in [-0.4, -0.2) is 30.5 Å². The van der Waals surface area contributed by atoms with E-state index in [0.29, 0.717) is 47.1 Å². The van der Waals surface area contributed by atoms with Crippen molar-refractivity contribution in [2.75, 3.05) is 19.7 Å². The Morgan fingerprint density at radius 1 is 1.27 bits per heavy atom. The molecule has 1 aliphatic heterocycles. The average molecular weight is 344 g/mol. The normalized spacial score (nSPS) is 21.7. The van der Waals surface area contributed by atoms with Crippen LogP contribution in [0.4, 0.5) is 0 Å². The standard InChI is InChI=1S/C17H23Cl2NO2/c1-12-8-13(2)11-20(10-12)17(21)4-3-7-22-16-6-5-14(18)9-15(16)19/h5-6,9,12-13H,3-4,7-8,10-11H2,1-2H3/t12-,13+. The molecule has 1 aromatic carbocycles. The molecule has 5 heteroatoms. The van der Waals surface area contributed by atoms with Crippen molar-refractivity contribution in [3.63, 3.8) is 0 Å². The number of carbonyl (C=O) groups excluding carboxylic acids is 1. The number of hydrogen-bond donors (Lipinski definition) is 0. The summed E-state index contributed by atoms with van der Waals surface area (Å²) in [7, 11) is 0. The monoisotopic (exact) mass is 343 g/mol. The molecular formula is C17H23Cl2NO2. The van der Waals surface area contributed by atoms with Crippen LogP contribution in [0.15, 0.2) is 18.2 Å². The second-order valence-corrected chi connectivity index (χ2v) is 7.12. The van der Waals surface area contributed by atoms with Gasteiger partial charge < -0.3 is 9.64 Å². The van der Waals surface area contributed by atoms with Gasteiger partial charge in [0.1, 0.15) is 5.75 Å². The van der Waals surface area contributed by atoms with E-state index in [1.807, 2.05) is 4.90 Å². The Balaban J connectivity index is 1.73. The molecule has 1 aromatic rings. The fourth-order valence-electron chi connectivity index (χ4n) is 3.02. The van der Waals surface area contributed by atoms with Crippen LogP contribution in [0.2, 0.25) is 10.0 Å². The molecule has 0 saturated carbocycles. The number of rotatable bonds is 5. The zero-order valence-corrected chi connectivity index (χ0v) is 14.7. The molecule has 122 valence electrons. The highest BCUT2D eigenvalue weighted by atomic mass is 35.5. The second-order valence-electron chi connectivity index (χ2n) is 6.27. The third-order valence-electron chi connectivity index (χ3n) is 3.91. The highest BCUT2D eigenvalue weighted by Gasteiger charge is 2.24. The fourth-order valence-corrected chi connectivity index (χ4v) is 3.49. The van der Waals surface area contributed by atoms with Gasteiger partial charge in [0.25, 0.3) is 0 Å². The van der Waals surface area contributed by atoms with E-state index in [4.69, 9.17) is 27.9 Å². The number of benzene rings is 1. The molecule has 1 amide bonds. The predicted octanol–water partition coefficient (Wildman–Crippen LogP) is 4.66. The van der Waals surface area contributed by atoms with Gasteiger partial charge >= 0.3 is 0 Å². The number of carbonyl (C=O) groups is 1. The first kappa shape index (κ1) is 17.4. The summed E-state index contributed by atoms with van der Waals surface area (Å²) < 4.78 is 5.61. The Morgan fingerprint density at radius 2 is 1.95 bits per heavy atom. The Kier molecular flexibility index (Phi) is 6.39. The molecule has 22 heavy (non-hydrogen) atoms. The lowest BCUT2D eigenvalue weighted by atomic mass is 9.91. The van der Waals surface area contributed by atoms with Gasteiger partial charge in [-0.15, -0.1) is 0 Å². The molecule has 0 N–H and O–H groups in total. The number of amides is 1. The largest absolute Gasteiger partial charge is 0.492 e. The van der Waals surface area contributed by atoms with E-state index in [-0.39, 0.29) is 5.91 Å². The summed E-state index contributed by atoms with van der Waals surface area (Å²) in [5.74, 6) is 2.02. The van der Waals surface area contributed by atoms with Gasteiger partial charge in [0.15, 0.2) is 0 Å². The van der Waals surface area contributed by atoms with Crippen molar-refractivity contribution in [3.05, 3.63) is 28.2 Å². The number of ether oxygens (including phenoxy) is 1. The molecule has 0 aliphatic carbocycles. The average Bonchev–Trinajstić information content (AvgIpc) is 2.44. The van der Waals surface area contributed by atoms with Crippen molar-refractivity contribution in [1.82, 2.24) is 4.90 Å². The number of hydrogen-bond acceptors (Lipinski definition) is 2. The molecule has 1 fully saturated rings. The lowest BCUT2D eigenvalue weighted by Crippen LogP contribution is -2.42. The summed E-state index contributed by atoms with van der Waals surface area (Å²) in [5, 5.41) is 1.08. The first-order valence-corrected chi connectivity index (χ1v) is 8.57. The quantitative estimate of drug-likeness (QED) is 0.727. The first-order valence-electron chi connectivity index (χ1n) is 7.81. The molecular weight excluding hydrogens is 321 g/mol. The molecule has 0 aromatic heterocycles. The number of nitrogens with zero attached hydrogens (tertiary/aromatic N) is 1. The van der Waals surface area contributed by atoms with Crippen LogP contribution in [0.25, 0.3) is 0 Å². The van der Waals surface area contributed by atoms with Crippen LogP contribution in [0.1, 0.15) is 33.1 Å². The first-order chi connectivity index (χ1) is 10.5. The van der Waals surface area contributed by atoms with Gasteiger partial charge in [-0.05, 0) is 42.9 Å². The van der Waals surface area contributed by atoms with E-state index in [1.165, 1.54) is 6.42 Å². The molecule has 0 spiro atoms. The van der Waals surface area contributed by atoms with Crippen LogP contribution in [0, 0.1) is 11.8 Å². The van der Waals surface area contributed by atoms with Gasteiger partial charge in [-0.1, -0.05) is 37.0 Å². The van der Waals surface area contributed by atoms with Gasteiger partial charge in [0, 0.05) is 24.5 Å². The summed E-state index contributed by atoms with van der Waals surface area (Å²) >= 11 is 11.9. The summed E-state index contributed by atoms with van der Waals surface area (Å²) in [6.45, 7) is 6.66. The maximum Gasteiger partial charge on any atom is 0.222 e. The Labute approximate surface area is 142 Å². The molecule has 0 radical (unpaired) electrons. The van der Waals surface area contributed by atoms with E-state index in [1.54, 1.807) is 18.2 Å². The lowest BCUT2D eigenvalue weighted by Gasteiger charge is -2.35. The molecule has 0 unspecified atom stereocenters. The van der Waals surface area contributed by atoms with E-state index in [0.717, 1.165) is 13.1 Å². The third-order valence-corrected chi connectivity index (χ3v) is 4.44. The van der Waals surface area contributed by atoms with Crippen LogP contribution >= 0.6 is 23.2 Å². The molecule has 2 rings (SSSR count).